The van der Waals surface area contributed by atoms with Crippen molar-refractivity contribution in [2.75, 3.05) is 13.1 Å². The lowest BCUT2D eigenvalue weighted by Gasteiger charge is -2.30. The van der Waals surface area contributed by atoms with Crippen molar-refractivity contribution in [2.24, 2.45) is 5.92 Å². The minimum atomic E-state index is -0.752. The first-order valence-electron chi connectivity index (χ1n) is 7.72. The number of piperidine rings is 1. The van der Waals surface area contributed by atoms with Crippen molar-refractivity contribution in [1.29, 1.82) is 0 Å². The first kappa shape index (κ1) is 14.1. The van der Waals surface area contributed by atoms with E-state index in [1.807, 2.05) is 4.68 Å². The number of carbonyl (C=O) groups excluding carboxylic acids is 1. The summed E-state index contributed by atoms with van der Waals surface area (Å²) in [6, 6.07) is 2.12. The summed E-state index contributed by atoms with van der Waals surface area (Å²) >= 11 is 0. The van der Waals surface area contributed by atoms with Gasteiger partial charge in [-0.3, -0.25) is 14.3 Å². The highest BCUT2D eigenvalue weighted by Crippen LogP contribution is 2.30. The van der Waals surface area contributed by atoms with Crippen LogP contribution in [0.5, 0.6) is 0 Å². The molecule has 2 fully saturated rings. The number of nitrogens with zero attached hydrogens (tertiary/aromatic N) is 3. The lowest BCUT2D eigenvalue weighted by Crippen LogP contribution is -2.41. The lowest BCUT2D eigenvalue weighted by molar-refractivity contribution is -0.143. The molecule has 1 amide bonds. The maximum atomic E-state index is 12.6. The van der Waals surface area contributed by atoms with Crippen molar-refractivity contribution in [1.82, 2.24) is 14.7 Å². The van der Waals surface area contributed by atoms with Crippen LogP contribution in [0.15, 0.2) is 12.3 Å². The van der Waals surface area contributed by atoms with Gasteiger partial charge in [0.15, 0.2) is 0 Å². The Bertz CT molecular complexity index is 526. The summed E-state index contributed by atoms with van der Waals surface area (Å²) in [5.74, 6) is -1.07. The smallest absolute Gasteiger partial charge is 0.306 e. The van der Waals surface area contributed by atoms with Gasteiger partial charge in [0, 0.05) is 19.3 Å². The summed E-state index contributed by atoms with van der Waals surface area (Å²) < 4.78 is 1.87. The van der Waals surface area contributed by atoms with Gasteiger partial charge in [0.2, 0.25) is 0 Å². The Morgan fingerprint density at radius 1 is 1.14 bits per heavy atom. The Labute approximate surface area is 123 Å². The average molecular weight is 291 g/mol. The van der Waals surface area contributed by atoms with Crippen molar-refractivity contribution in [3.8, 4) is 0 Å². The van der Waals surface area contributed by atoms with E-state index < -0.39 is 5.97 Å². The van der Waals surface area contributed by atoms with E-state index in [-0.39, 0.29) is 11.8 Å². The summed E-state index contributed by atoms with van der Waals surface area (Å²) in [5.41, 5.74) is 0.649. The van der Waals surface area contributed by atoms with Gasteiger partial charge in [0.1, 0.15) is 5.69 Å². The second kappa shape index (κ2) is 5.87. The standard InChI is InChI=1S/C15H21N3O3/c19-14(17-9-6-11(7-10-17)15(20)21)13-5-8-16-18(13)12-3-1-2-4-12/h5,8,11-12H,1-4,6-7,9-10H2,(H,20,21). The fourth-order valence-electron chi connectivity index (χ4n) is 3.41. The number of amides is 1. The highest BCUT2D eigenvalue weighted by Gasteiger charge is 2.30. The summed E-state index contributed by atoms with van der Waals surface area (Å²) in [6.45, 7) is 1.04. The Morgan fingerprint density at radius 2 is 1.81 bits per heavy atom. The molecule has 114 valence electrons. The molecular formula is C15H21N3O3. The molecule has 0 aromatic carbocycles. The third kappa shape index (κ3) is 2.80. The SMILES string of the molecule is O=C(O)C1CCN(C(=O)c2ccnn2C2CCCC2)CC1. The van der Waals surface area contributed by atoms with Crippen molar-refractivity contribution in [3.63, 3.8) is 0 Å². The van der Waals surface area contributed by atoms with Crippen molar-refractivity contribution in [2.45, 2.75) is 44.6 Å². The Balaban J connectivity index is 1.69. The van der Waals surface area contributed by atoms with Crippen LogP contribution in [0.4, 0.5) is 0 Å². The fourth-order valence-corrected chi connectivity index (χ4v) is 3.41. The number of carboxylic acids is 1. The summed E-state index contributed by atoms with van der Waals surface area (Å²) in [4.78, 5) is 25.4. The first-order valence-corrected chi connectivity index (χ1v) is 7.72. The van der Waals surface area contributed by atoms with Crippen molar-refractivity contribution in [3.05, 3.63) is 18.0 Å². The topological polar surface area (TPSA) is 75.4 Å². The molecule has 1 aliphatic heterocycles. The van der Waals surface area contributed by atoms with Crippen LogP contribution in [0.3, 0.4) is 0 Å². The van der Waals surface area contributed by atoms with Gasteiger partial charge in [-0.05, 0) is 31.7 Å². The van der Waals surface area contributed by atoms with Crippen LogP contribution in [-0.4, -0.2) is 44.8 Å². The largest absolute Gasteiger partial charge is 0.481 e. The fraction of sp³-hybridized carbons (Fsp3) is 0.667. The van der Waals surface area contributed by atoms with Gasteiger partial charge < -0.3 is 10.0 Å². The molecule has 0 atom stereocenters. The van der Waals surface area contributed by atoms with Crippen LogP contribution in [0, 0.1) is 5.92 Å². The van der Waals surface area contributed by atoms with Crippen LogP contribution in [0.2, 0.25) is 0 Å². The van der Waals surface area contributed by atoms with Gasteiger partial charge in [-0.15, -0.1) is 0 Å². The van der Waals surface area contributed by atoms with E-state index in [4.69, 9.17) is 5.11 Å². The molecule has 1 saturated heterocycles. The predicted molar refractivity (Wildman–Crippen MR) is 76.0 cm³/mol. The van der Waals surface area contributed by atoms with E-state index in [0.717, 1.165) is 12.8 Å². The molecule has 0 spiro atoms. The average Bonchev–Trinajstić information content (AvgIpc) is 3.17. The molecule has 2 aliphatic rings. The molecule has 0 bridgehead atoms. The Morgan fingerprint density at radius 3 is 2.43 bits per heavy atom. The lowest BCUT2D eigenvalue weighted by atomic mass is 9.97. The zero-order valence-corrected chi connectivity index (χ0v) is 12.1. The molecule has 1 aliphatic carbocycles. The normalized spacial score (nSPS) is 20.9. The molecule has 3 rings (SSSR count). The summed E-state index contributed by atoms with van der Waals surface area (Å²) in [7, 11) is 0. The molecule has 2 heterocycles. The van der Waals surface area contributed by atoms with E-state index in [1.54, 1.807) is 17.2 Å². The molecule has 0 radical (unpaired) electrons. The summed E-state index contributed by atoms with van der Waals surface area (Å²) in [5, 5.41) is 13.3. The van der Waals surface area contributed by atoms with E-state index in [2.05, 4.69) is 5.10 Å². The molecule has 6 heteroatoms. The minimum absolute atomic E-state index is 0.0109. The quantitative estimate of drug-likeness (QED) is 0.923. The number of hydrogen-bond acceptors (Lipinski definition) is 3. The van der Waals surface area contributed by atoms with Crippen LogP contribution in [0.25, 0.3) is 0 Å². The van der Waals surface area contributed by atoms with E-state index >= 15 is 0 Å². The van der Waals surface area contributed by atoms with E-state index in [9.17, 15) is 9.59 Å². The zero-order chi connectivity index (χ0) is 14.8. The van der Waals surface area contributed by atoms with E-state index in [1.165, 1.54) is 12.8 Å². The maximum absolute atomic E-state index is 12.6. The number of rotatable bonds is 3. The molecule has 6 nitrogen and oxygen atoms in total. The van der Waals surface area contributed by atoms with Gasteiger partial charge in [-0.25, -0.2) is 0 Å². The number of hydrogen-bond donors (Lipinski definition) is 1. The number of carbonyl (C=O) groups is 2. The molecule has 1 N–H and O–H groups in total. The van der Waals surface area contributed by atoms with Gasteiger partial charge in [0.05, 0.1) is 12.0 Å². The van der Waals surface area contributed by atoms with Crippen LogP contribution in [-0.2, 0) is 4.79 Å². The van der Waals surface area contributed by atoms with Crippen molar-refractivity contribution < 1.29 is 14.7 Å². The number of carboxylic acid groups (broad SMARTS) is 1. The highest BCUT2D eigenvalue weighted by atomic mass is 16.4. The first-order chi connectivity index (χ1) is 10.2. The highest BCUT2D eigenvalue weighted by molar-refractivity contribution is 5.92. The van der Waals surface area contributed by atoms with Gasteiger partial charge in [-0.2, -0.15) is 5.10 Å². The number of aromatic nitrogens is 2. The van der Waals surface area contributed by atoms with Gasteiger partial charge >= 0.3 is 5.97 Å². The number of likely N-dealkylation sites (tertiary alicyclic amines) is 1. The third-order valence-electron chi connectivity index (χ3n) is 4.69. The molecular weight excluding hydrogens is 270 g/mol. The summed E-state index contributed by atoms with van der Waals surface area (Å²) in [6.07, 6.45) is 7.34. The molecule has 0 unspecified atom stereocenters. The number of aliphatic carboxylic acids is 1. The second-order valence-electron chi connectivity index (χ2n) is 6.00. The van der Waals surface area contributed by atoms with Crippen LogP contribution < -0.4 is 0 Å². The van der Waals surface area contributed by atoms with Crippen LogP contribution in [0.1, 0.15) is 55.1 Å². The van der Waals surface area contributed by atoms with Crippen molar-refractivity contribution >= 4 is 11.9 Å². The predicted octanol–water partition coefficient (Wildman–Crippen LogP) is 1.93. The van der Waals surface area contributed by atoms with Crippen LogP contribution >= 0.6 is 0 Å². The molecule has 1 aromatic rings. The molecule has 1 aromatic heterocycles. The minimum Gasteiger partial charge on any atom is -0.481 e. The van der Waals surface area contributed by atoms with Gasteiger partial charge in [-0.1, -0.05) is 12.8 Å². The molecule has 1 saturated carbocycles. The molecule has 21 heavy (non-hydrogen) atoms. The Hall–Kier alpha value is -1.85. The van der Waals surface area contributed by atoms with Gasteiger partial charge in [0.25, 0.3) is 5.91 Å². The third-order valence-corrected chi connectivity index (χ3v) is 4.69. The zero-order valence-electron chi connectivity index (χ0n) is 12.1. The Kier molecular flexibility index (Phi) is 3.94. The second-order valence-corrected chi connectivity index (χ2v) is 6.00. The van der Waals surface area contributed by atoms with E-state index in [0.29, 0.717) is 37.7 Å². The monoisotopic (exact) mass is 291 g/mol. The maximum Gasteiger partial charge on any atom is 0.306 e.